The number of amides is 2. The van der Waals surface area contributed by atoms with E-state index in [1.54, 1.807) is 0 Å². The molecule has 1 heterocycles. The smallest absolute Gasteiger partial charge is 0.306 e. The summed E-state index contributed by atoms with van der Waals surface area (Å²) in [6.45, 7) is 0.473. The molecule has 0 saturated heterocycles. The lowest BCUT2D eigenvalue weighted by atomic mass is 10.1. The second-order valence-electron chi connectivity index (χ2n) is 5.07. The van der Waals surface area contributed by atoms with Gasteiger partial charge in [-0.15, -0.1) is 0 Å². The first-order valence-electron chi connectivity index (χ1n) is 6.95. The molecular weight excluding hydrogens is 325 g/mol. The summed E-state index contributed by atoms with van der Waals surface area (Å²) in [5.41, 5.74) is 0.528. The average Bonchev–Trinajstić information content (AvgIpc) is 2.52. The van der Waals surface area contributed by atoms with Crippen molar-refractivity contribution in [3.05, 3.63) is 59.7 Å². The number of benzene rings is 2. The Balaban J connectivity index is 1.72. The number of fused-ring (bicyclic) bond motifs is 1. The number of anilines is 1. The molecule has 0 aromatic heterocycles. The lowest BCUT2D eigenvalue weighted by Crippen LogP contribution is -2.34. The topological polar surface area (TPSA) is 32.3 Å². The largest absolute Gasteiger partial charge is 0.416 e. The third-order valence-electron chi connectivity index (χ3n) is 3.43. The SMILES string of the molecule is O=C1Nc2cc(C(F)(F)F)ccc2SN1CCc1ccccc1. The van der Waals surface area contributed by atoms with Crippen molar-refractivity contribution in [1.82, 2.24) is 4.31 Å². The summed E-state index contributed by atoms with van der Waals surface area (Å²) in [7, 11) is 0. The maximum atomic E-state index is 12.7. The highest BCUT2D eigenvalue weighted by molar-refractivity contribution is 7.97. The highest BCUT2D eigenvalue weighted by Gasteiger charge is 2.33. The first-order chi connectivity index (χ1) is 10.9. The van der Waals surface area contributed by atoms with Gasteiger partial charge in [-0.1, -0.05) is 30.3 Å². The van der Waals surface area contributed by atoms with Crippen LogP contribution in [0.15, 0.2) is 53.4 Å². The van der Waals surface area contributed by atoms with Gasteiger partial charge < -0.3 is 5.32 Å². The molecule has 7 heteroatoms. The predicted octanol–water partition coefficient (Wildman–Crippen LogP) is 4.80. The number of nitrogens with zero attached hydrogens (tertiary/aromatic N) is 1. The molecule has 120 valence electrons. The highest BCUT2D eigenvalue weighted by Crippen LogP contribution is 2.39. The maximum absolute atomic E-state index is 12.7. The Morgan fingerprint density at radius 2 is 1.83 bits per heavy atom. The first-order valence-corrected chi connectivity index (χ1v) is 7.72. The maximum Gasteiger partial charge on any atom is 0.416 e. The van der Waals surface area contributed by atoms with E-state index in [9.17, 15) is 18.0 Å². The van der Waals surface area contributed by atoms with Gasteiger partial charge in [-0.05, 0) is 42.1 Å². The Morgan fingerprint density at radius 3 is 2.52 bits per heavy atom. The predicted molar refractivity (Wildman–Crippen MR) is 83.2 cm³/mol. The van der Waals surface area contributed by atoms with Crippen LogP contribution in [0, 0.1) is 0 Å². The molecule has 0 aliphatic carbocycles. The third-order valence-corrected chi connectivity index (χ3v) is 4.55. The van der Waals surface area contributed by atoms with Crippen LogP contribution in [-0.4, -0.2) is 16.9 Å². The fourth-order valence-electron chi connectivity index (χ4n) is 2.24. The minimum atomic E-state index is -4.42. The quantitative estimate of drug-likeness (QED) is 0.815. The van der Waals surface area contributed by atoms with Crippen molar-refractivity contribution in [2.75, 3.05) is 11.9 Å². The summed E-state index contributed by atoms with van der Waals surface area (Å²) in [5, 5.41) is 2.52. The minimum Gasteiger partial charge on any atom is -0.306 e. The van der Waals surface area contributed by atoms with Gasteiger partial charge in [-0.2, -0.15) is 13.2 Å². The molecule has 0 fully saturated rings. The monoisotopic (exact) mass is 338 g/mol. The molecule has 0 saturated carbocycles. The Morgan fingerprint density at radius 1 is 1.09 bits per heavy atom. The van der Waals surface area contributed by atoms with E-state index in [0.29, 0.717) is 17.9 Å². The molecule has 3 nitrogen and oxygen atoms in total. The van der Waals surface area contributed by atoms with Gasteiger partial charge in [-0.3, -0.25) is 4.31 Å². The molecule has 2 aromatic rings. The lowest BCUT2D eigenvalue weighted by Gasteiger charge is -2.28. The number of hydrogen-bond donors (Lipinski definition) is 1. The summed E-state index contributed by atoms with van der Waals surface area (Å²) in [4.78, 5) is 12.7. The second kappa shape index (κ2) is 6.16. The third kappa shape index (κ3) is 3.61. The van der Waals surface area contributed by atoms with Crippen molar-refractivity contribution in [2.24, 2.45) is 0 Å². The van der Waals surface area contributed by atoms with Gasteiger partial charge in [0.1, 0.15) is 0 Å². The van der Waals surface area contributed by atoms with Gasteiger partial charge in [0, 0.05) is 6.54 Å². The van der Waals surface area contributed by atoms with Crippen molar-refractivity contribution in [3.8, 4) is 0 Å². The van der Waals surface area contributed by atoms with Gasteiger partial charge in [0.15, 0.2) is 0 Å². The molecule has 23 heavy (non-hydrogen) atoms. The van der Waals surface area contributed by atoms with E-state index in [1.165, 1.54) is 10.4 Å². The number of nitrogens with one attached hydrogen (secondary N) is 1. The Hall–Kier alpha value is -2.15. The summed E-state index contributed by atoms with van der Waals surface area (Å²) < 4.78 is 39.6. The first kappa shape index (κ1) is 15.7. The molecule has 3 rings (SSSR count). The fourth-order valence-corrected chi connectivity index (χ4v) is 3.13. The van der Waals surface area contributed by atoms with Crippen LogP contribution in [0.2, 0.25) is 0 Å². The van der Waals surface area contributed by atoms with E-state index in [-0.39, 0.29) is 5.69 Å². The molecule has 0 unspecified atom stereocenters. The molecular formula is C16H13F3N2OS. The van der Waals surface area contributed by atoms with Crippen LogP contribution in [0.1, 0.15) is 11.1 Å². The van der Waals surface area contributed by atoms with Crippen LogP contribution in [0.4, 0.5) is 23.7 Å². The van der Waals surface area contributed by atoms with Crippen molar-refractivity contribution in [1.29, 1.82) is 0 Å². The zero-order chi connectivity index (χ0) is 16.4. The number of hydrogen-bond acceptors (Lipinski definition) is 2. The van der Waals surface area contributed by atoms with E-state index >= 15 is 0 Å². The normalized spacial score (nSPS) is 14.4. The molecule has 0 radical (unpaired) electrons. The zero-order valence-electron chi connectivity index (χ0n) is 11.9. The number of alkyl halides is 3. The lowest BCUT2D eigenvalue weighted by molar-refractivity contribution is -0.137. The van der Waals surface area contributed by atoms with Crippen molar-refractivity contribution >= 4 is 23.7 Å². The number of carbonyl (C=O) groups excluding carboxylic acids is 1. The number of carbonyl (C=O) groups is 1. The van der Waals surface area contributed by atoms with E-state index in [2.05, 4.69) is 5.32 Å². The van der Waals surface area contributed by atoms with Crippen LogP contribution in [0.25, 0.3) is 0 Å². The van der Waals surface area contributed by atoms with Gasteiger partial charge in [0.25, 0.3) is 0 Å². The van der Waals surface area contributed by atoms with E-state index < -0.39 is 17.8 Å². The molecule has 1 aliphatic rings. The Labute approximate surface area is 135 Å². The second-order valence-corrected chi connectivity index (χ2v) is 6.13. The molecule has 0 spiro atoms. The molecule has 2 aromatic carbocycles. The van der Waals surface area contributed by atoms with Gasteiger partial charge in [-0.25, -0.2) is 4.79 Å². The molecule has 1 aliphatic heterocycles. The van der Waals surface area contributed by atoms with E-state index in [4.69, 9.17) is 0 Å². The average molecular weight is 338 g/mol. The Kier molecular flexibility index (Phi) is 4.21. The number of urea groups is 1. The van der Waals surface area contributed by atoms with Crippen LogP contribution >= 0.6 is 11.9 Å². The molecule has 1 N–H and O–H groups in total. The summed E-state index contributed by atoms with van der Waals surface area (Å²) >= 11 is 1.16. The minimum absolute atomic E-state index is 0.200. The van der Waals surface area contributed by atoms with Crippen molar-refractivity contribution in [2.45, 2.75) is 17.5 Å². The van der Waals surface area contributed by atoms with E-state index in [0.717, 1.165) is 29.6 Å². The fraction of sp³-hybridized carbons (Fsp3) is 0.188. The zero-order valence-corrected chi connectivity index (χ0v) is 12.7. The van der Waals surface area contributed by atoms with Crippen LogP contribution in [-0.2, 0) is 12.6 Å². The summed E-state index contributed by atoms with van der Waals surface area (Å²) in [6.07, 6.45) is -3.74. The molecule has 0 bridgehead atoms. The summed E-state index contributed by atoms with van der Waals surface area (Å²) in [6, 6.07) is 12.7. The van der Waals surface area contributed by atoms with Crippen LogP contribution in [0.5, 0.6) is 0 Å². The standard InChI is InChI=1S/C16H13F3N2OS/c17-16(18,19)12-6-7-14-13(10-12)20-15(22)21(23-14)9-8-11-4-2-1-3-5-11/h1-7,10H,8-9H2,(H,20,22). The molecule has 0 atom stereocenters. The van der Waals surface area contributed by atoms with Gasteiger partial charge in [0.05, 0.1) is 16.1 Å². The number of halogens is 3. The van der Waals surface area contributed by atoms with Crippen molar-refractivity contribution in [3.63, 3.8) is 0 Å². The van der Waals surface area contributed by atoms with Crippen molar-refractivity contribution < 1.29 is 18.0 Å². The molecule has 2 amide bonds. The van der Waals surface area contributed by atoms with E-state index in [1.807, 2.05) is 30.3 Å². The Bertz CT molecular complexity index is 719. The van der Waals surface area contributed by atoms with Crippen LogP contribution < -0.4 is 5.32 Å². The summed E-state index contributed by atoms with van der Waals surface area (Å²) in [5.74, 6) is 0. The highest BCUT2D eigenvalue weighted by atomic mass is 32.2. The number of rotatable bonds is 3. The van der Waals surface area contributed by atoms with Crippen LogP contribution in [0.3, 0.4) is 0 Å². The van der Waals surface area contributed by atoms with Gasteiger partial charge in [0.2, 0.25) is 0 Å². The van der Waals surface area contributed by atoms with Gasteiger partial charge >= 0.3 is 12.2 Å².